The molecule has 2 fully saturated rings. The quantitative estimate of drug-likeness (QED) is 0.815. The maximum Gasteiger partial charge on any atom is 0.241 e. The van der Waals surface area contributed by atoms with Crippen molar-refractivity contribution in [2.24, 2.45) is 11.1 Å². The van der Waals surface area contributed by atoms with E-state index in [4.69, 9.17) is 5.73 Å². The Morgan fingerprint density at radius 1 is 1.05 bits per heavy atom. The second-order valence-corrected chi connectivity index (χ2v) is 5.82. The van der Waals surface area contributed by atoms with Gasteiger partial charge in [-0.1, -0.05) is 12.8 Å². The van der Waals surface area contributed by atoms with Gasteiger partial charge in [0.15, 0.2) is 0 Å². The van der Waals surface area contributed by atoms with E-state index >= 15 is 0 Å². The lowest BCUT2D eigenvalue weighted by molar-refractivity contribution is -0.136. The summed E-state index contributed by atoms with van der Waals surface area (Å²) in [5, 5.41) is 2.80. The number of carbonyl (C=O) groups excluding carboxylic acids is 2. The van der Waals surface area contributed by atoms with E-state index < -0.39 is 5.41 Å². The van der Waals surface area contributed by atoms with Crippen LogP contribution in [0.3, 0.4) is 0 Å². The highest BCUT2D eigenvalue weighted by molar-refractivity contribution is 5.88. The molecule has 1 saturated heterocycles. The van der Waals surface area contributed by atoms with Gasteiger partial charge in [-0.15, -0.1) is 12.4 Å². The molecule has 6 heteroatoms. The van der Waals surface area contributed by atoms with Gasteiger partial charge in [0.25, 0.3) is 0 Å². The summed E-state index contributed by atoms with van der Waals surface area (Å²) in [6.07, 6.45) is 7.18. The third-order valence-corrected chi connectivity index (χ3v) is 4.54. The van der Waals surface area contributed by atoms with Crippen molar-refractivity contribution in [3.8, 4) is 0 Å². The third-order valence-electron chi connectivity index (χ3n) is 4.54. The van der Waals surface area contributed by atoms with Crippen molar-refractivity contribution < 1.29 is 9.59 Å². The minimum absolute atomic E-state index is 0. The van der Waals surface area contributed by atoms with Gasteiger partial charge in [-0.2, -0.15) is 0 Å². The molecule has 2 amide bonds. The molecule has 0 aromatic rings. The third kappa shape index (κ3) is 3.85. The summed E-state index contributed by atoms with van der Waals surface area (Å²) in [5.41, 5.74) is 5.35. The molecule has 116 valence electrons. The molecule has 3 N–H and O–H groups in total. The number of amides is 2. The number of likely N-dealkylation sites (tertiary alicyclic amines) is 1. The molecule has 1 heterocycles. The van der Waals surface area contributed by atoms with Crippen LogP contribution in [0.4, 0.5) is 0 Å². The summed E-state index contributed by atoms with van der Waals surface area (Å²) in [6, 6.07) is 0. The molecule has 0 radical (unpaired) electrons. The number of rotatable bonds is 4. The van der Waals surface area contributed by atoms with Gasteiger partial charge in [-0.05, 0) is 32.1 Å². The number of nitrogens with zero attached hydrogens (tertiary/aromatic N) is 1. The molecule has 0 aromatic carbocycles. The lowest BCUT2D eigenvalue weighted by atomic mass is 9.85. The van der Waals surface area contributed by atoms with Crippen molar-refractivity contribution in [3.63, 3.8) is 0 Å². The Labute approximate surface area is 127 Å². The van der Waals surface area contributed by atoms with Crippen LogP contribution in [-0.2, 0) is 9.59 Å². The average Bonchev–Trinajstić information content (AvgIpc) is 2.95. The first kappa shape index (κ1) is 17.2. The standard InChI is InChI=1S/C14H25N3O2.ClH/c15-11-14(6-2-3-7-14)13(19)16-10-12(18)17-8-4-1-5-9-17;/h1-11,15H2,(H,16,19);1H. The van der Waals surface area contributed by atoms with E-state index in [1.165, 1.54) is 6.42 Å². The van der Waals surface area contributed by atoms with E-state index in [2.05, 4.69) is 5.32 Å². The average molecular weight is 304 g/mol. The first-order chi connectivity index (χ1) is 9.18. The Hall–Kier alpha value is -0.810. The van der Waals surface area contributed by atoms with Gasteiger partial charge >= 0.3 is 0 Å². The first-order valence-corrected chi connectivity index (χ1v) is 7.44. The summed E-state index contributed by atoms with van der Waals surface area (Å²) < 4.78 is 0. The number of carbonyl (C=O) groups is 2. The van der Waals surface area contributed by atoms with Gasteiger partial charge in [0.05, 0.1) is 12.0 Å². The number of hydrogen-bond donors (Lipinski definition) is 2. The molecule has 1 saturated carbocycles. The molecule has 2 rings (SSSR count). The Bertz CT molecular complexity index is 337. The zero-order valence-corrected chi connectivity index (χ0v) is 12.8. The van der Waals surface area contributed by atoms with Gasteiger partial charge in [0, 0.05) is 19.6 Å². The fourth-order valence-corrected chi connectivity index (χ4v) is 3.17. The second-order valence-electron chi connectivity index (χ2n) is 5.82. The topological polar surface area (TPSA) is 75.4 Å². The van der Waals surface area contributed by atoms with E-state index in [1.54, 1.807) is 0 Å². The number of hydrogen-bond acceptors (Lipinski definition) is 3. The van der Waals surface area contributed by atoms with Crippen LogP contribution in [0.5, 0.6) is 0 Å². The molecule has 0 atom stereocenters. The molecule has 1 aliphatic carbocycles. The van der Waals surface area contributed by atoms with Gasteiger partial charge in [-0.3, -0.25) is 9.59 Å². The number of piperidine rings is 1. The number of nitrogens with two attached hydrogens (primary N) is 1. The van der Waals surface area contributed by atoms with Crippen molar-refractivity contribution >= 4 is 24.2 Å². The van der Waals surface area contributed by atoms with Crippen molar-refractivity contribution in [1.29, 1.82) is 0 Å². The lowest BCUT2D eigenvalue weighted by Crippen LogP contribution is -2.48. The lowest BCUT2D eigenvalue weighted by Gasteiger charge is -2.29. The largest absolute Gasteiger partial charge is 0.347 e. The van der Waals surface area contributed by atoms with E-state index in [0.717, 1.165) is 51.6 Å². The van der Waals surface area contributed by atoms with E-state index in [9.17, 15) is 9.59 Å². The van der Waals surface area contributed by atoms with Crippen LogP contribution in [0.15, 0.2) is 0 Å². The van der Waals surface area contributed by atoms with E-state index in [0.29, 0.717) is 6.54 Å². The van der Waals surface area contributed by atoms with Crippen molar-refractivity contribution in [2.75, 3.05) is 26.2 Å². The minimum atomic E-state index is -0.415. The Kier molecular flexibility index (Phi) is 6.76. The number of halogens is 1. The molecule has 2 aliphatic rings. The zero-order chi connectivity index (χ0) is 13.7. The van der Waals surface area contributed by atoms with Gasteiger partial charge in [0.1, 0.15) is 0 Å². The Morgan fingerprint density at radius 2 is 1.65 bits per heavy atom. The fraction of sp³-hybridized carbons (Fsp3) is 0.857. The molecular weight excluding hydrogens is 278 g/mol. The van der Waals surface area contributed by atoms with Crippen LogP contribution in [0.1, 0.15) is 44.9 Å². The summed E-state index contributed by atoms with van der Waals surface area (Å²) in [4.78, 5) is 26.1. The van der Waals surface area contributed by atoms with Crippen LogP contribution in [0.25, 0.3) is 0 Å². The minimum Gasteiger partial charge on any atom is -0.347 e. The molecule has 5 nitrogen and oxygen atoms in total. The molecule has 0 unspecified atom stereocenters. The second kappa shape index (κ2) is 7.84. The summed E-state index contributed by atoms with van der Waals surface area (Å²) >= 11 is 0. The van der Waals surface area contributed by atoms with Crippen molar-refractivity contribution in [2.45, 2.75) is 44.9 Å². The summed E-state index contributed by atoms with van der Waals surface area (Å²) in [7, 11) is 0. The van der Waals surface area contributed by atoms with Crippen LogP contribution in [-0.4, -0.2) is 42.9 Å². The normalized spacial score (nSPS) is 21.1. The van der Waals surface area contributed by atoms with Crippen LogP contribution in [0.2, 0.25) is 0 Å². The summed E-state index contributed by atoms with van der Waals surface area (Å²) in [5.74, 6) is 0.0103. The number of nitrogens with one attached hydrogen (secondary N) is 1. The van der Waals surface area contributed by atoms with E-state index in [-0.39, 0.29) is 30.8 Å². The van der Waals surface area contributed by atoms with Crippen molar-refractivity contribution in [3.05, 3.63) is 0 Å². The molecule has 0 spiro atoms. The fourth-order valence-electron chi connectivity index (χ4n) is 3.17. The smallest absolute Gasteiger partial charge is 0.241 e. The molecule has 20 heavy (non-hydrogen) atoms. The van der Waals surface area contributed by atoms with Gasteiger partial charge in [0.2, 0.25) is 11.8 Å². The maximum atomic E-state index is 12.2. The highest BCUT2D eigenvalue weighted by Crippen LogP contribution is 2.37. The van der Waals surface area contributed by atoms with Gasteiger partial charge < -0.3 is 16.0 Å². The zero-order valence-electron chi connectivity index (χ0n) is 12.0. The highest BCUT2D eigenvalue weighted by Gasteiger charge is 2.39. The Balaban J connectivity index is 0.00000200. The molecule has 1 aliphatic heterocycles. The SMILES string of the molecule is Cl.NCC1(C(=O)NCC(=O)N2CCCCC2)CCCC1. The van der Waals surface area contributed by atoms with Crippen LogP contribution in [0, 0.1) is 5.41 Å². The van der Waals surface area contributed by atoms with E-state index in [1.807, 2.05) is 4.90 Å². The first-order valence-electron chi connectivity index (χ1n) is 7.44. The molecule has 0 aromatic heterocycles. The summed E-state index contributed by atoms with van der Waals surface area (Å²) in [6.45, 7) is 2.17. The predicted molar refractivity (Wildman–Crippen MR) is 80.6 cm³/mol. The van der Waals surface area contributed by atoms with Gasteiger partial charge in [-0.25, -0.2) is 0 Å². The monoisotopic (exact) mass is 303 g/mol. The van der Waals surface area contributed by atoms with Crippen LogP contribution >= 0.6 is 12.4 Å². The molecule has 0 bridgehead atoms. The Morgan fingerprint density at radius 3 is 2.20 bits per heavy atom. The predicted octanol–water partition coefficient (Wildman–Crippen LogP) is 1.06. The highest BCUT2D eigenvalue weighted by atomic mass is 35.5. The molecular formula is C14H26ClN3O2. The van der Waals surface area contributed by atoms with Crippen molar-refractivity contribution in [1.82, 2.24) is 10.2 Å². The van der Waals surface area contributed by atoms with Crippen LogP contribution < -0.4 is 11.1 Å². The maximum absolute atomic E-state index is 12.2.